The molecule has 6 heteroatoms. The highest BCUT2D eigenvalue weighted by Gasteiger charge is 2.15. The van der Waals surface area contributed by atoms with Gasteiger partial charge in [0.1, 0.15) is 17.2 Å². The predicted molar refractivity (Wildman–Crippen MR) is 144 cm³/mol. The fourth-order valence-corrected chi connectivity index (χ4v) is 3.90. The van der Waals surface area contributed by atoms with Gasteiger partial charge in [-0.3, -0.25) is 0 Å². The van der Waals surface area contributed by atoms with Crippen LogP contribution < -0.4 is 21.1 Å². The van der Waals surface area contributed by atoms with Gasteiger partial charge in [-0.25, -0.2) is 5.84 Å². The number of ether oxygens (including phenoxy) is 2. The van der Waals surface area contributed by atoms with Crippen LogP contribution in [0.15, 0.2) is 78.5 Å². The average molecular weight is 475 g/mol. The molecular formula is C29H38N4O2. The lowest BCUT2D eigenvalue weighted by Crippen LogP contribution is -2.32. The molecule has 0 unspecified atom stereocenters. The van der Waals surface area contributed by atoms with Crippen LogP contribution in [0.25, 0.3) is 5.70 Å². The molecule has 0 aliphatic carbocycles. The van der Waals surface area contributed by atoms with Crippen molar-refractivity contribution in [2.75, 3.05) is 26.7 Å². The van der Waals surface area contributed by atoms with Gasteiger partial charge in [0.15, 0.2) is 0 Å². The zero-order valence-electron chi connectivity index (χ0n) is 21.3. The maximum absolute atomic E-state index is 6.66. The molecule has 0 saturated carbocycles. The molecule has 0 radical (unpaired) electrons. The SMILES string of the molecule is CCN(CC)CC/C(N)=C(\c1ccc(Oc2ccc(OC)cc2)cc1)N(N)Cc1ccc(C)cc1. The summed E-state index contributed by atoms with van der Waals surface area (Å²) in [7, 11) is 1.65. The molecule has 186 valence electrons. The van der Waals surface area contributed by atoms with Gasteiger partial charge < -0.3 is 25.1 Å². The summed E-state index contributed by atoms with van der Waals surface area (Å²) < 4.78 is 11.2. The third-order valence-corrected chi connectivity index (χ3v) is 6.08. The molecule has 0 aliphatic rings. The molecule has 0 aliphatic heterocycles. The second-order valence-corrected chi connectivity index (χ2v) is 8.57. The monoisotopic (exact) mass is 474 g/mol. The number of hydrogen-bond acceptors (Lipinski definition) is 6. The van der Waals surface area contributed by atoms with Crippen LogP contribution in [0.3, 0.4) is 0 Å². The molecule has 0 heterocycles. The van der Waals surface area contributed by atoms with E-state index in [1.165, 1.54) is 5.56 Å². The van der Waals surface area contributed by atoms with Gasteiger partial charge in [0.2, 0.25) is 0 Å². The Hall–Kier alpha value is -3.48. The molecule has 0 saturated heterocycles. The van der Waals surface area contributed by atoms with Crippen LogP contribution in [-0.4, -0.2) is 36.7 Å². The molecule has 3 rings (SSSR count). The van der Waals surface area contributed by atoms with E-state index in [0.717, 1.165) is 65.8 Å². The van der Waals surface area contributed by atoms with Gasteiger partial charge in [-0.15, -0.1) is 0 Å². The van der Waals surface area contributed by atoms with Crippen molar-refractivity contribution in [1.29, 1.82) is 0 Å². The van der Waals surface area contributed by atoms with Gasteiger partial charge in [-0.05, 0) is 74.1 Å². The number of benzene rings is 3. The summed E-state index contributed by atoms with van der Waals surface area (Å²) in [6.07, 6.45) is 0.739. The molecule has 0 atom stereocenters. The van der Waals surface area contributed by atoms with Crippen molar-refractivity contribution in [2.24, 2.45) is 11.6 Å². The van der Waals surface area contributed by atoms with Crippen LogP contribution in [0.1, 0.15) is 37.0 Å². The Bertz CT molecular complexity index is 1070. The van der Waals surface area contributed by atoms with Crippen LogP contribution in [-0.2, 0) is 6.54 Å². The summed E-state index contributed by atoms with van der Waals surface area (Å²) in [5, 5.41) is 1.75. The topological polar surface area (TPSA) is 77.0 Å². The van der Waals surface area contributed by atoms with Crippen LogP contribution in [0.2, 0.25) is 0 Å². The van der Waals surface area contributed by atoms with Gasteiger partial charge in [0.05, 0.1) is 19.4 Å². The third kappa shape index (κ3) is 7.50. The summed E-state index contributed by atoms with van der Waals surface area (Å²) in [5.74, 6) is 8.89. The van der Waals surface area contributed by atoms with Crippen molar-refractivity contribution < 1.29 is 9.47 Å². The fourth-order valence-electron chi connectivity index (χ4n) is 3.90. The summed E-state index contributed by atoms with van der Waals surface area (Å²) in [6, 6.07) is 23.8. The van der Waals surface area contributed by atoms with E-state index in [9.17, 15) is 0 Å². The molecule has 0 aromatic heterocycles. The lowest BCUT2D eigenvalue weighted by atomic mass is 10.1. The molecular weight excluding hydrogens is 436 g/mol. The molecule has 3 aromatic rings. The molecule has 0 amide bonds. The zero-order valence-corrected chi connectivity index (χ0v) is 21.3. The van der Waals surface area contributed by atoms with Crippen molar-refractivity contribution >= 4 is 5.70 Å². The number of hydrazine groups is 1. The third-order valence-electron chi connectivity index (χ3n) is 6.08. The summed E-state index contributed by atoms with van der Waals surface area (Å²) in [4.78, 5) is 2.36. The van der Waals surface area contributed by atoms with Crippen LogP contribution in [0.4, 0.5) is 0 Å². The molecule has 0 spiro atoms. The first-order chi connectivity index (χ1) is 16.9. The lowest BCUT2D eigenvalue weighted by molar-refractivity contribution is 0.306. The maximum atomic E-state index is 6.66. The van der Waals surface area contributed by atoms with E-state index >= 15 is 0 Å². The Labute approximate surface area is 209 Å². The van der Waals surface area contributed by atoms with Crippen molar-refractivity contribution in [3.05, 3.63) is 95.2 Å². The van der Waals surface area contributed by atoms with E-state index < -0.39 is 0 Å². The Morgan fingerprint density at radius 3 is 1.89 bits per heavy atom. The maximum Gasteiger partial charge on any atom is 0.127 e. The molecule has 35 heavy (non-hydrogen) atoms. The zero-order chi connectivity index (χ0) is 25.2. The highest BCUT2D eigenvalue weighted by molar-refractivity contribution is 5.67. The van der Waals surface area contributed by atoms with E-state index in [-0.39, 0.29) is 0 Å². The van der Waals surface area contributed by atoms with Gasteiger partial charge in [-0.1, -0.05) is 43.7 Å². The minimum absolute atomic E-state index is 0.561. The number of nitrogens with zero attached hydrogens (tertiary/aromatic N) is 2. The fraction of sp³-hybridized carbons (Fsp3) is 0.310. The largest absolute Gasteiger partial charge is 0.497 e. The van der Waals surface area contributed by atoms with E-state index in [2.05, 4.69) is 49.9 Å². The number of nitrogens with two attached hydrogens (primary N) is 2. The minimum atomic E-state index is 0.561. The van der Waals surface area contributed by atoms with E-state index in [1.54, 1.807) is 12.1 Å². The van der Waals surface area contributed by atoms with Gasteiger partial charge >= 0.3 is 0 Å². The van der Waals surface area contributed by atoms with Gasteiger partial charge in [-0.2, -0.15) is 0 Å². The van der Waals surface area contributed by atoms with E-state index in [4.69, 9.17) is 21.1 Å². The number of methoxy groups -OCH3 is 1. The first kappa shape index (κ1) is 26.1. The smallest absolute Gasteiger partial charge is 0.127 e. The number of hydrogen-bond donors (Lipinski definition) is 2. The van der Waals surface area contributed by atoms with E-state index in [1.807, 2.05) is 48.5 Å². The Morgan fingerprint density at radius 1 is 0.800 bits per heavy atom. The summed E-state index contributed by atoms with van der Waals surface area (Å²) in [6.45, 7) is 9.84. The minimum Gasteiger partial charge on any atom is -0.497 e. The highest BCUT2D eigenvalue weighted by atomic mass is 16.5. The summed E-state index contributed by atoms with van der Waals surface area (Å²) >= 11 is 0. The quantitative estimate of drug-likeness (QED) is 0.265. The first-order valence-corrected chi connectivity index (χ1v) is 12.1. The van der Waals surface area contributed by atoms with Crippen LogP contribution in [0, 0.1) is 6.92 Å². The van der Waals surface area contributed by atoms with E-state index in [0.29, 0.717) is 6.54 Å². The van der Waals surface area contributed by atoms with Gasteiger partial charge in [0.25, 0.3) is 0 Å². The van der Waals surface area contributed by atoms with Crippen molar-refractivity contribution in [1.82, 2.24) is 9.91 Å². The highest BCUT2D eigenvalue weighted by Crippen LogP contribution is 2.28. The Balaban J connectivity index is 1.83. The number of rotatable bonds is 12. The molecule has 3 aromatic carbocycles. The standard InChI is InChI=1S/C29H38N4O2/c1-5-32(6-2)20-19-28(30)29(33(31)21-23-9-7-22(3)8-10-23)24-11-13-26(14-12-24)35-27-17-15-25(34-4)16-18-27/h7-18H,5-6,19-21,30-31H2,1-4H3/b29-28-. The predicted octanol–water partition coefficient (Wildman–Crippen LogP) is 5.53. The Kier molecular flexibility index (Phi) is 9.58. The molecule has 6 nitrogen and oxygen atoms in total. The van der Waals surface area contributed by atoms with Crippen LogP contribution >= 0.6 is 0 Å². The van der Waals surface area contributed by atoms with Crippen LogP contribution in [0.5, 0.6) is 17.2 Å². The molecule has 4 N–H and O–H groups in total. The summed E-state index contributed by atoms with van der Waals surface area (Å²) in [5.41, 5.74) is 11.6. The second-order valence-electron chi connectivity index (χ2n) is 8.57. The van der Waals surface area contributed by atoms with Crippen molar-refractivity contribution in [2.45, 2.75) is 33.7 Å². The first-order valence-electron chi connectivity index (χ1n) is 12.1. The molecule has 0 fully saturated rings. The van der Waals surface area contributed by atoms with Crippen molar-refractivity contribution in [3.63, 3.8) is 0 Å². The Morgan fingerprint density at radius 2 is 1.34 bits per heavy atom. The number of aryl methyl sites for hydroxylation is 1. The second kappa shape index (κ2) is 12.8. The molecule has 0 bridgehead atoms. The van der Waals surface area contributed by atoms with Crippen molar-refractivity contribution in [3.8, 4) is 17.2 Å². The average Bonchev–Trinajstić information content (AvgIpc) is 2.87. The van der Waals surface area contributed by atoms with Gasteiger partial charge in [0, 0.05) is 24.2 Å². The lowest BCUT2D eigenvalue weighted by Gasteiger charge is -2.26. The normalized spacial score (nSPS) is 11.8.